The van der Waals surface area contributed by atoms with E-state index in [1.165, 1.54) is 31.4 Å². The van der Waals surface area contributed by atoms with Crippen LogP contribution in [0.5, 0.6) is 5.75 Å². The van der Waals surface area contributed by atoms with E-state index in [1.807, 2.05) is 19.1 Å². The van der Waals surface area contributed by atoms with E-state index in [-0.39, 0.29) is 11.5 Å². The number of hydrazine groups is 1. The third kappa shape index (κ3) is 4.28. The number of carbonyl (C=O) groups is 4. The molecule has 1 aliphatic heterocycles. The molecule has 0 aromatic heterocycles. The number of ketones is 1. The molecule has 0 spiro atoms. The number of fused-ring (bicyclic) bond motifs is 1. The number of carbonyl (C=O) groups excluding carboxylic acids is 4. The van der Waals surface area contributed by atoms with E-state index in [4.69, 9.17) is 16.3 Å². The highest BCUT2D eigenvalue weighted by atomic mass is 35.5. The van der Waals surface area contributed by atoms with Gasteiger partial charge in [-0.2, -0.15) is 5.01 Å². The quantitative estimate of drug-likeness (QED) is 0.367. The Kier molecular flexibility index (Phi) is 6.33. The number of allylic oxidation sites excluding steroid dienone is 2. The molecule has 2 aliphatic rings. The Morgan fingerprint density at radius 1 is 1.09 bits per heavy atom. The number of rotatable bonds is 6. The third-order valence-corrected chi connectivity index (χ3v) is 6.35. The van der Waals surface area contributed by atoms with Gasteiger partial charge < -0.3 is 4.74 Å². The molecule has 1 saturated heterocycles. The summed E-state index contributed by atoms with van der Waals surface area (Å²) in [6.07, 6.45) is 4.21. The van der Waals surface area contributed by atoms with Crippen LogP contribution in [0.3, 0.4) is 0 Å². The van der Waals surface area contributed by atoms with Crippen LogP contribution in [0.25, 0.3) is 0 Å². The maximum absolute atomic E-state index is 13.5. The van der Waals surface area contributed by atoms with Crippen molar-refractivity contribution in [2.75, 3.05) is 13.7 Å². The van der Waals surface area contributed by atoms with Gasteiger partial charge >= 0.3 is 0 Å². The molecule has 0 bridgehead atoms. The number of imide groups is 1. The van der Waals surface area contributed by atoms with E-state index in [1.54, 1.807) is 24.3 Å². The van der Waals surface area contributed by atoms with Gasteiger partial charge in [0.25, 0.3) is 17.7 Å². The van der Waals surface area contributed by atoms with Crippen molar-refractivity contribution in [1.82, 2.24) is 10.0 Å². The topological polar surface area (TPSA) is 84.0 Å². The molecule has 0 unspecified atom stereocenters. The van der Waals surface area contributed by atoms with Gasteiger partial charge in [-0.25, -0.2) is 5.01 Å². The van der Waals surface area contributed by atoms with E-state index in [0.717, 1.165) is 10.0 Å². The SMILES string of the molecule is COc1cccc(C(=O)CN(C(=O)c2ccc(Cl)cc2)N2C(=O)[C@@H]3[C@H](C)C=CC[C@H]3C2=O)c1. The number of methoxy groups -OCH3 is 1. The minimum atomic E-state index is -0.635. The van der Waals surface area contributed by atoms with Crippen LogP contribution in [-0.4, -0.2) is 47.2 Å². The molecule has 33 heavy (non-hydrogen) atoms. The maximum atomic E-state index is 13.5. The zero-order valence-corrected chi connectivity index (χ0v) is 19.0. The summed E-state index contributed by atoms with van der Waals surface area (Å²) in [4.78, 5) is 53.2. The van der Waals surface area contributed by atoms with Crippen molar-refractivity contribution >= 4 is 35.1 Å². The average Bonchev–Trinajstić information content (AvgIpc) is 3.08. The lowest BCUT2D eigenvalue weighted by molar-refractivity contribution is -0.154. The fourth-order valence-corrected chi connectivity index (χ4v) is 4.49. The number of benzene rings is 2. The van der Waals surface area contributed by atoms with Gasteiger partial charge in [-0.1, -0.05) is 42.8 Å². The molecule has 0 radical (unpaired) electrons. The number of ether oxygens (including phenoxy) is 1. The van der Waals surface area contributed by atoms with Gasteiger partial charge in [-0.05, 0) is 48.7 Å². The van der Waals surface area contributed by atoms with E-state index >= 15 is 0 Å². The van der Waals surface area contributed by atoms with E-state index < -0.39 is 41.9 Å². The highest BCUT2D eigenvalue weighted by molar-refractivity contribution is 6.30. The first-order chi connectivity index (χ1) is 15.8. The van der Waals surface area contributed by atoms with Crippen molar-refractivity contribution < 1.29 is 23.9 Å². The summed E-state index contributed by atoms with van der Waals surface area (Å²) in [6.45, 7) is 1.39. The number of amides is 3. The standard InChI is InChI=1S/C25H23ClN2O5/c1-15-5-3-8-20-22(15)25(32)28(24(20)31)27(23(30)16-9-11-18(26)12-10-16)14-21(29)17-6-4-7-19(13-17)33-2/h3-7,9-13,15,20,22H,8,14H2,1-2H3/t15-,20-,22-/m1/s1. The van der Waals surface area contributed by atoms with Gasteiger partial charge in [-0.15, -0.1) is 0 Å². The van der Waals surface area contributed by atoms with E-state index in [2.05, 4.69) is 0 Å². The highest BCUT2D eigenvalue weighted by Crippen LogP contribution is 2.39. The van der Waals surface area contributed by atoms with Crippen LogP contribution in [0.4, 0.5) is 0 Å². The first kappa shape index (κ1) is 22.7. The minimum Gasteiger partial charge on any atom is -0.497 e. The molecule has 2 aromatic carbocycles. The zero-order valence-electron chi connectivity index (χ0n) is 18.2. The van der Waals surface area contributed by atoms with Crippen molar-refractivity contribution in [3.63, 3.8) is 0 Å². The predicted octanol–water partition coefficient (Wildman–Crippen LogP) is 3.79. The highest BCUT2D eigenvalue weighted by Gasteiger charge is 2.53. The first-order valence-corrected chi connectivity index (χ1v) is 11.0. The minimum absolute atomic E-state index is 0.147. The van der Waals surface area contributed by atoms with Gasteiger partial charge in [0.05, 0.1) is 18.9 Å². The summed E-state index contributed by atoms with van der Waals surface area (Å²) >= 11 is 5.94. The normalized spacial score (nSPS) is 21.7. The summed E-state index contributed by atoms with van der Waals surface area (Å²) in [5, 5.41) is 2.26. The predicted molar refractivity (Wildman–Crippen MR) is 122 cm³/mol. The smallest absolute Gasteiger partial charge is 0.273 e. The molecular formula is C25H23ClN2O5. The summed E-state index contributed by atoms with van der Waals surface area (Å²) in [5.74, 6) is -2.78. The van der Waals surface area contributed by atoms with Crippen molar-refractivity contribution in [3.8, 4) is 5.75 Å². The third-order valence-electron chi connectivity index (χ3n) is 6.10. The van der Waals surface area contributed by atoms with Gasteiger partial charge in [-0.3, -0.25) is 19.2 Å². The van der Waals surface area contributed by atoms with Crippen molar-refractivity contribution in [1.29, 1.82) is 0 Å². The molecule has 0 N–H and O–H groups in total. The maximum Gasteiger partial charge on any atom is 0.273 e. The molecule has 1 aliphatic carbocycles. The molecule has 0 saturated carbocycles. The molecule has 1 fully saturated rings. The number of halogens is 1. The second-order valence-corrected chi connectivity index (χ2v) is 8.60. The second kappa shape index (κ2) is 9.19. The molecule has 4 rings (SSSR count). The zero-order chi connectivity index (χ0) is 23.7. The van der Waals surface area contributed by atoms with Crippen LogP contribution in [0.2, 0.25) is 5.02 Å². The lowest BCUT2D eigenvalue weighted by Gasteiger charge is -2.30. The monoisotopic (exact) mass is 466 g/mol. The van der Waals surface area contributed by atoms with Crippen LogP contribution in [0.15, 0.2) is 60.7 Å². The Morgan fingerprint density at radius 2 is 1.82 bits per heavy atom. The van der Waals surface area contributed by atoms with E-state index in [9.17, 15) is 19.2 Å². The summed E-state index contributed by atoms with van der Waals surface area (Å²) < 4.78 is 5.18. The molecule has 3 atom stereocenters. The first-order valence-electron chi connectivity index (χ1n) is 10.6. The second-order valence-electron chi connectivity index (χ2n) is 8.17. The largest absolute Gasteiger partial charge is 0.497 e. The van der Waals surface area contributed by atoms with Gasteiger partial charge in [0.1, 0.15) is 12.3 Å². The number of hydrogen-bond acceptors (Lipinski definition) is 5. The Hall–Kier alpha value is -3.45. The van der Waals surface area contributed by atoms with Crippen LogP contribution in [0, 0.1) is 17.8 Å². The number of nitrogens with zero attached hydrogens (tertiary/aromatic N) is 2. The fourth-order valence-electron chi connectivity index (χ4n) is 4.37. The Balaban J connectivity index is 1.70. The fraction of sp³-hybridized carbons (Fsp3) is 0.280. The number of hydrogen-bond donors (Lipinski definition) is 0. The Bertz CT molecular complexity index is 1140. The number of Topliss-reactive ketones (excluding diaryl/α,β-unsaturated/α-hetero) is 1. The summed E-state index contributed by atoms with van der Waals surface area (Å²) in [5.41, 5.74) is 0.509. The molecule has 2 aromatic rings. The van der Waals surface area contributed by atoms with Crippen LogP contribution in [0.1, 0.15) is 34.1 Å². The van der Waals surface area contributed by atoms with Crippen LogP contribution >= 0.6 is 11.6 Å². The van der Waals surface area contributed by atoms with Gasteiger partial charge in [0.2, 0.25) is 0 Å². The summed E-state index contributed by atoms with van der Waals surface area (Å²) in [7, 11) is 1.48. The Labute approximate surface area is 196 Å². The molecule has 3 amide bonds. The van der Waals surface area contributed by atoms with Crippen molar-refractivity contribution in [3.05, 3.63) is 76.8 Å². The molecular weight excluding hydrogens is 444 g/mol. The van der Waals surface area contributed by atoms with Crippen molar-refractivity contribution in [2.45, 2.75) is 13.3 Å². The molecule has 170 valence electrons. The van der Waals surface area contributed by atoms with E-state index in [0.29, 0.717) is 22.8 Å². The van der Waals surface area contributed by atoms with Crippen LogP contribution < -0.4 is 4.74 Å². The molecule has 7 nitrogen and oxygen atoms in total. The van der Waals surface area contributed by atoms with Gasteiger partial charge in [0.15, 0.2) is 5.78 Å². The van der Waals surface area contributed by atoms with Gasteiger partial charge in [0, 0.05) is 16.1 Å². The molecule has 8 heteroatoms. The average molecular weight is 467 g/mol. The summed E-state index contributed by atoms with van der Waals surface area (Å²) in [6, 6.07) is 12.6. The van der Waals surface area contributed by atoms with Crippen molar-refractivity contribution in [2.24, 2.45) is 17.8 Å². The molecule has 1 heterocycles. The Morgan fingerprint density at radius 3 is 2.48 bits per heavy atom. The lowest BCUT2D eigenvalue weighted by atomic mass is 9.78. The van der Waals surface area contributed by atoms with Crippen LogP contribution in [-0.2, 0) is 9.59 Å². The lowest BCUT2D eigenvalue weighted by Crippen LogP contribution is -2.52.